The summed E-state index contributed by atoms with van der Waals surface area (Å²) in [7, 11) is 1.42. The zero-order valence-electron chi connectivity index (χ0n) is 18.5. The van der Waals surface area contributed by atoms with Crippen LogP contribution in [0.25, 0.3) is 10.8 Å². The molecule has 1 saturated heterocycles. The van der Waals surface area contributed by atoms with Gasteiger partial charge in [-0.15, -0.1) is 0 Å². The van der Waals surface area contributed by atoms with Gasteiger partial charge in [0.15, 0.2) is 6.17 Å². The molecular weight excluding hydrogens is 441 g/mol. The molecule has 3 atom stereocenters. The highest BCUT2D eigenvalue weighted by atomic mass is 19.1. The lowest BCUT2D eigenvalue weighted by Crippen LogP contribution is -2.34. The summed E-state index contributed by atoms with van der Waals surface area (Å²) in [6, 6.07) is 2.67. The van der Waals surface area contributed by atoms with Crippen LogP contribution in [0.4, 0.5) is 4.39 Å². The minimum atomic E-state index is -1.57. The van der Waals surface area contributed by atoms with Gasteiger partial charge in [-0.2, -0.15) is 0 Å². The molecule has 1 aromatic carbocycles. The van der Waals surface area contributed by atoms with Crippen LogP contribution in [0.15, 0.2) is 37.1 Å². The van der Waals surface area contributed by atoms with Gasteiger partial charge in [0.05, 0.1) is 29.8 Å². The third kappa shape index (κ3) is 4.45. The average Bonchev–Trinajstić information content (AvgIpc) is 3.13. The molecule has 3 heterocycles. The van der Waals surface area contributed by atoms with Gasteiger partial charge >= 0.3 is 0 Å². The lowest BCUT2D eigenvalue weighted by molar-refractivity contribution is -0.123. The highest BCUT2D eigenvalue weighted by Gasteiger charge is 2.41. The van der Waals surface area contributed by atoms with Crippen molar-refractivity contribution in [1.29, 1.82) is 0 Å². The van der Waals surface area contributed by atoms with Crippen molar-refractivity contribution in [3.63, 3.8) is 0 Å². The van der Waals surface area contributed by atoms with Crippen molar-refractivity contribution in [3.05, 3.63) is 53.7 Å². The van der Waals surface area contributed by atoms with Gasteiger partial charge in [-0.1, -0.05) is 18.8 Å². The largest absolute Gasteiger partial charge is 0.496 e. The molecule has 9 nitrogen and oxygen atoms in total. The van der Waals surface area contributed by atoms with Gasteiger partial charge in [-0.25, -0.2) is 19.3 Å². The molecule has 3 aromatic rings. The molecule has 34 heavy (non-hydrogen) atoms. The molecule has 0 bridgehead atoms. The smallest absolute Gasteiger partial charge is 0.255 e. The Kier molecular flexibility index (Phi) is 6.54. The van der Waals surface area contributed by atoms with E-state index in [1.165, 1.54) is 19.6 Å². The molecule has 1 fully saturated rings. The number of carbonyl (C=O) groups is 2. The Morgan fingerprint density at radius 3 is 2.65 bits per heavy atom. The number of nitrogens with two attached hydrogens (primary N) is 1. The summed E-state index contributed by atoms with van der Waals surface area (Å²) in [5, 5.41) is 3.72. The van der Waals surface area contributed by atoms with Gasteiger partial charge < -0.3 is 20.5 Å². The molecule has 2 aromatic heterocycles. The number of nitrogens with zero attached hydrogens (tertiary/aromatic N) is 3. The van der Waals surface area contributed by atoms with Gasteiger partial charge in [0.1, 0.15) is 18.7 Å². The minimum absolute atomic E-state index is 0.0268. The fourth-order valence-electron chi connectivity index (χ4n) is 3.91. The number of hydrogen-bond acceptors (Lipinski definition) is 7. The number of halogens is 1. The summed E-state index contributed by atoms with van der Waals surface area (Å²) < 4.78 is 25.4. The van der Waals surface area contributed by atoms with E-state index < -0.39 is 29.9 Å². The maximum Gasteiger partial charge on any atom is 0.255 e. The number of fused-ring (bicyclic) bond motifs is 1. The Hall–Kier alpha value is -4.26. The van der Waals surface area contributed by atoms with Crippen LogP contribution in [-0.4, -0.2) is 52.7 Å². The van der Waals surface area contributed by atoms with Gasteiger partial charge in [0.2, 0.25) is 5.88 Å². The molecule has 1 aliphatic heterocycles. The Morgan fingerprint density at radius 1 is 1.21 bits per heavy atom. The maximum absolute atomic E-state index is 14.1. The number of pyridine rings is 1. The third-order valence-corrected chi connectivity index (χ3v) is 5.68. The normalized spacial score (nSPS) is 19.3. The summed E-state index contributed by atoms with van der Waals surface area (Å²) in [5.74, 6) is 4.65. The number of ether oxygens (including phenoxy) is 2. The molecule has 1 aliphatic rings. The number of hydrogen-bond donors (Lipinski definition) is 2. The summed E-state index contributed by atoms with van der Waals surface area (Å²) in [5.41, 5.74) is 6.83. The number of primary amides is 1. The Morgan fingerprint density at radius 2 is 1.97 bits per heavy atom. The number of nitrogens with one attached hydrogen (secondary N) is 1. The minimum Gasteiger partial charge on any atom is -0.496 e. The van der Waals surface area contributed by atoms with E-state index >= 15 is 0 Å². The molecule has 10 heteroatoms. The van der Waals surface area contributed by atoms with E-state index in [0.29, 0.717) is 28.3 Å². The zero-order chi connectivity index (χ0) is 24.2. The van der Waals surface area contributed by atoms with Crippen molar-refractivity contribution < 1.29 is 23.5 Å². The van der Waals surface area contributed by atoms with Crippen LogP contribution in [0.5, 0.6) is 11.6 Å². The number of methoxy groups -OCH3 is 1. The fourth-order valence-corrected chi connectivity index (χ4v) is 3.91. The van der Waals surface area contributed by atoms with Crippen LogP contribution >= 0.6 is 0 Å². The van der Waals surface area contributed by atoms with E-state index in [1.54, 1.807) is 24.5 Å². The van der Waals surface area contributed by atoms with Gasteiger partial charge in [0.25, 0.3) is 11.8 Å². The molecule has 0 saturated carbocycles. The Bertz CT molecular complexity index is 1310. The molecule has 2 amide bonds. The van der Waals surface area contributed by atoms with E-state index in [4.69, 9.17) is 15.2 Å². The van der Waals surface area contributed by atoms with Crippen molar-refractivity contribution in [2.75, 3.05) is 13.7 Å². The van der Waals surface area contributed by atoms with Crippen molar-refractivity contribution in [1.82, 2.24) is 20.3 Å². The van der Waals surface area contributed by atoms with Crippen molar-refractivity contribution in [3.8, 4) is 23.5 Å². The number of amides is 2. The quantitative estimate of drug-likeness (QED) is 0.533. The zero-order valence-corrected chi connectivity index (χ0v) is 18.5. The number of alkyl halides is 1. The molecule has 0 unspecified atom stereocenters. The third-order valence-electron chi connectivity index (χ3n) is 5.68. The first-order chi connectivity index (χ1) is 16.4. The summed E-state index contributed by atoms with van der Waals surface area (Å²) >= 11 is 0. The summed E-state index contributed by atoms with van der Waals surface area (Å²) in [6.45, 7) is 1.85. The van der Waals surface area contributed by atoms with E-state index in [1.807, 2.05) is 6.92 Å². The first-order valence-corrected chi connectivity index (χ1v) is 10.6. The summed E-state index contributed by atoms with van der Waals surface area (Å²) in [4.78, 5) is 36.0. The second-order valence-corrected chi connectivity index (χ2v) is 7.72. The standard InChI is InChI=1S/C24H22FN5O4/c1-3-15-19(30-23(32)21(15)25)11-34-24-17-7-20(33-2)18(22(26)31)6-16(17)14(10-29-24)5-4-13-8-27-12-28-9-13/h6-10,12,15,19,21H,3,11H2,1-2H3,(H2,26,31)(H,30,32)/t15-,19+,21-/m0/s1. The van der Waals surface area contributed by atoms with Gasteiger partial charge in [-0.3, -0.25) is 9.59 Å². The van der Waals surface area contributed by atoms with Crippen LogP contribution in [0.3, 0.4) is 0 Å². The number of aromatic nitrogens is 3. The highest BCUT2D eigenvalue weighted by Crippen LogP contribution is 2.33. The lowest BCUT2D eigenvalue weighted by atomic mass is 9.97. The van der Waals surface area contributed by atoms with Crippen LogP contribution in [0, 0.1) is 17.8 Å². The summed E-state index contributed by atoms with van der Waals surface area (Å²) in [6.07, 6.45) is 4.97. The van der Waals surface area contributed by atoms with E-state index in [0.717, 1.165) is 0 Å². The second kappa shape index (κ2) is 9.70. The molecule has 0 radical (unpaired) electrons. The van der Waals surface area contributed by atoms with Crippen LogP contribution in [0.1, 0.15) is 34.8 Å². The van der Waals surface area contributed by atoms with Crippen LogP contribution < -0.4 is 20.5 Å². The van der Waals surface area contributed by atoms with Crippen molar-refractivity contribution in [2.24, 2.45) is 11.7 Å². The van der Waals surface area contributed by atoms with Gasteiger partial charge in [-0.05, 0) is 18.6 Å². The predicted octanol–water partition coefficient (Wildman–Crippen LogP) is 1.77. The molecule has 4 rings (SSSR count). The maximum atomic E-state index is 14.1. The van der Waals surface area contributed by atoms with E-state index in [-0.39, 0.29) is 23.8 Å². The first-order valence-electron chi connectivity index (χ1n) is 10.6. The van der Waals surface area contributed by atoms with Gasteiger partial charge in [0, 0.05) is 35.3 Å². The molecular formula is C24H22FN5O4. The molecule has 174 valence electrons. The SMILES string of the molecule is CC[C@@H]1[C@H](F)C(=O)N[C@@H]1COc1ncc(C#Cc2cncnc2)c2cc(C(N)=O)c(OC)cc12. The topological polar surface area (TPSA) is 129 Å². The predicted molar refractivity (Wildman–Crippen MR) is 121 cm³/mol. The Labute approximate surface area is 194 Å². The van der Waals surface area contributed by atoms with Crippen LogP contribution in [-0.2, 0) is 4.79 Å². The van der Waals surface area contributed by atoms with E-state index in [9.17, 15) is 14.0 Å². The molecule has 0 spiro atoms. The average molecular weight is 463 g/mol. The van der Waals surface area contributed by atoms with Crippen molar-refractivity contribution >= 4 is 22.6 Å². The first kappa shape index (κ1) is 22.9. The lowest BCUT2D eigenvalue weighted by Gasteiger charge is -2.19. The highest BCUT2D eigenvalue weighted by molar-refractivity contribution is 6.03. The Balaban J connectivity index is 1.75. The van der Waals surface area contributed by atoms with Crippen LogP contribution in [0.2, 0.25) is 0 Å². The molecule has 3 N–H and O–H groups in total. The number of benzene rings is 1. The van der Waals surface area contributed by atoms with Crippen molar-refractivity contribution in [2.45, 2.75) is 25.6 Å². The fraction of sp³-hybridized carbons (Fsp3) is 0.292. The molecule has 0 aliphatic carbocycles. The monoisotopic (exact) mass is 463 g/mol. The second-order valence-electron chi connectivity index (χ2n) is 7.72. The van der Waals surface area contributed by atoms with E-state index in [2.05, 4.69) is 32.1 Å². The number of carbonyl (C=O) groups excluding carboxylic acids is 2. The number of rotatable bonds is 6.